The molecule has 4 nitrogen and oxygen atoms in total. The molecule has 0 spiro atoms. The van der Waals surface area contributed by atoms with Crippen molar-refractivity contribution < 1.29 is 4.39 Å². The Morgan fingerprint density at radius 3 is 2.67 bits per heavy atom. The molecule has 94 valence electrons. The van der Waals surface area contributed by atoms with Crippen LogP contribution in [-0.2, 0) is 6.54 Å². The fourth-order valence-electron chi connectivity index (χ4n) is 1.68. The first-order valence-corrected chi connectivity index (χ1v) is 5.60. The second-order valence-electron chi connectivity index (χ2n) is 4.18. The molecule has 0 amide bonds. The lowest BCUT2D eigenvalue weighted by Gasteiger charge is -2.13. The molecule has 2 rings (SSSR count). The molecule has 0 saturated carbocycles. The highest BCUT2D eigenvalue weighted by molar-refractivity contribution is 5.19. The van der Waals surface area contributed by atoms with Gasteiger partial charge in [0.1, 0.15) is 5.82 Å². The molecule has 1 aromatic heterocycles. The van der Waals surface area contributed by atoms with E-state index in [1.165, 1.54) is 29.1 Å². The van der Waals surface area contributed by atoms with Gasteiger partial charge in [-0.1, -0.05) is 12.1 Å². The van der Waals surface area contributed by atoms with Crippen LogP contribution in [0.2, 0.25) is 0 Å². The standard InChI is InChI=1S/C13H14FN3O/c1-9-6-13(18)17(8-16-9)7-12(15)10-2-4-11(14)5-3-10/h2-6,8,12H,7,15H2,1H3. The van der Waals surface area contributed by atoms with Gasteiger partial charge in [-0.2, -0.15) is 0 Å². The summed E-state index contributed by atoms with van der Waals surface area (Å²) < 4.78 is 14.2. The van der Waals surface area contributed by atoms with Crippen LogP contribution in [-0.4, -0.2) is 9.55 Å². The van der Waals surface area contributed by atoms with E-state index in [1.54, 1.807) is 19.1 Å². The Bertz CT molecular complexity index is 592. The molecule has 1 heterocycles. The molecule has 0 aliphatic carbocycles. The van der Waals surface area contributed by atoms with Crippen molar-refractivity contribution >= 4 is 0 Å². The summed E-state index contributed by atoms with van der Waals surface area (Å²) in [6.45, 7) is 2.07. The van der Waals surface area contributed by atoms with E-state index in [4.69, 9.17) is 5.73 Å². The highest BCUT2D eigenvalue weighted by atomic mass is 19.1. The van der Waals surface area contributed by atoms with E-state index in [1.807, 2.05) is 0 Å². The summed E-state index contributed by atoms with van der Waals surface area (Å²) in [5.41, 5.74) is 7.29. The highest BCUT2D eigenvalue weighted by Gasteiger charge is 2.08. The van der Waals surface area contributed by atoms with E-state index in [0.717, 1.165) is 5.56 Å². The molecule has 2 aromatic rings. The van der Waals surface area contributed by atoms with Gasteiger partial charge in [-0.25, -0.2) is 9.37 Å². The summed E-state index contributed by atoms with van der Waals surface area (Å²) >= 11 is 0. The maximum atomic E-state index is 12.8. The number of aryl methyl sites for hydroxylation is 1. The predicted octanol–water partition coefficient (Wildman–Crippen LogP) is 1.39. The van der Waals surface area contributed by atoms with Crippen molar-refractivity contribution in [3.05, 3.63) is 64.1 Å². The van der Waals surface area contributed by atoms with Crippen molar-refractivity contribution in [2.24, 2.45) is 5.73 Å². The van der Waals surface area contributed by atoms with Crippen LogP contribution >= 0.6 is 0 Å². The van der Waals surface area contributed by atoms with Gasteiger partial charge in [-0.3, -0.25) is 9.36 Å². The molecule has 0 bridgehead atoms. The number of nitrogens with zero attached hydrogens (tertiary/aromatic N) is 2. The van der Waals surface area contributed by atoms with Gasteiger partial charge in [0, 0.05) is 24.3 Å². The fraction of sp³-hybridized carbons (Fsp3) is 0.231. The third-order valence-electron chi connectivity index (χ3n) is 2.71. The predicted molar refractivity (Wildman–Crippen MR) is 66.6 cm³/mol. The van der Waals surface area contributed by atoms with E-state index >= 15 is 0 Å². The van der Waals surface area contributed by atoms with Crippen LogP contribution in [0.1, 0.15) is 17.3 Å². The van der Waals surface area contributed by atoms with Crippen LogP contribution in [0, 0.1) is 12.7 Å². The van der Waals surface area contributed by atoms with E-state index in [0.29, 0.717) is 12.2 Å². The van der Waals surface area contributed by atoms with Crippen LogP contribution in [0.15, 0.2) is 41.5 Å². The molecular formula is C13H14FN3O. The average molecular weight is 247 g/mol. The molecular weight excluding hydrogens is 233 g/mol. The Morgan fingerprint density at radius 1 is 1.39 bits per heavy atom. The zero-order valence-electron chi connectivity index (χ0n) is 10.0. The van der Waals surface area contributed by atoms with Gasteiger partial charge in [-0.05, 0) is 24.6 Å². The molecule has 0 saturated heterocycles. The van der Waals surface area contributed by atoms with Gasteiger partial charge in [0.05, 0.1) is 6.33 Å². The van der Waals surface area contributed by atoms with Crippen molar-refractivity contribution in [2.45, 2.75) is 19.5 Å². The number of benzene rings is 1. The van der Waals surface area contributed by atoms with Gasteiger partial charge in [-0.15, -0.1) is 0 Å². The van der Waals surface area contributed by atoms with Crippen LogP contribution in [0.5, 0.6) is 0 Å². The minimum atomic E-state index is -0.368. The third-order valence-corrected chi connectivity index (χ3v) is 2.71. The van der Waals surface area contributed by atoms with Crippen molar-refractivity contribution in [3.8, 4) is 0 Å². The van der Waals surface area contributed by atoms with Crippen LogP contribution in [0.25, 0.3) is 0 Å². The lowest BCUT2D eigenvalue weighted by molar-refractivity contribution is 0.550. The first-order valence-electron chi connectivity index (χ1n) is 5.60. The van der Waals surface area contributed by atoms with Gasteiger partial charge >= 0.3 is 0 Å². The Morgan fingerprint density at radius 2 is 2.06 bits per heavy atom. The second kappa shape index (κ2) is 5.10. The van der Waals surface area contributed by atoms with Crippen molar-refractivity contribution in [1.82, 2.24) is 9.55 Å². The minimum absolute atomic E-state index is 0.139. The quantitative estimate of drug-likeness (QED) is 0.891. The lowest BCUT2D eigenvalue weighted by Crippen LogP contribution is -2.26. The van der Waals surface area contributed by atoms with Crippen molar-refractivity contribution in [2.75, 3.05) is 0 Å². The maximum Gasteiger partial charge on any atom is 0.253 e. The van der Waals surface area contributed by atoms with Gasteiger partial charge in [0.25, 0.3) is 5.56 Å². The van der Waals surface area contributed by atoms with E-state index in [9.17, 15) is 9.18 Å². The number of aromatic nitrogens is 2. The number of hydrogen-bond donors (Lipinski definition) is 1. The molecule has 1 aromatic carbocycles. The molecule has 1 unspecified atom stereocenters. The number of hydrogen-bond acceptors (Lipinski definition) is 3. The molecule has 18 heavy (non-hydrogen) atoms. The van der Waals surface area contributed by atoms with E-state index in [-0.39, 0.29) is 17.4 Å². The normalized spacial score (nSPS) is 12.4. The smallest absolute Gasteiger partial charge is 0.253 e. The summed E-state index contributed by atoms with van der Waals surface area (Å²) in [5.74, 6) is -0.305. The molecule has 2 N–H and O–H groups in total. The summed E-state index contributed by atoms with van der Waals surface area (Å²) in [4.78, 5) is 15.7. The molecule has 0 aliphatic rings. The Balaban J connectivity index is 2.18. The molecule has 5 heteroatoms. The second-order valence-corrected chi connectivity index (χ2v) is 4.18. The largest absolute Gasteiger partial charge is 0.322 e. The summed E-state index contributed by atoms with van der Waals surface area (Å²) in [6.07, 6.45) is 1.47. The van der Waals surface area contributed by atoms with Gasteiger partial charge in [0.15, 0.2) is 0 Å². The Hall–Kier alpha value is -2.01. The molecule has 1 atom stereocenters. The minimum Gasteiger partial charge on any atom is -0.322 e. The number of nitrogens with two attached hydrogens (primary N) is 1. The maximum absolute atomic E-state index is 12.8. The summed E-state index contributed by atoms with van der Waals surface area (Å²) in [7, 11) is 0. The number of rotatable bonds is 3. The topological polar surface area (TPSA) is 60.9 Å². The Kier molecular flexibility index (Phi) is 3.53. The zero-order valence-corrected chi connectivity index (χ0v) is 10.0. The van der Waals surface area contributed by atoms with Gasteiger partial charge < -0.3 is 5.73 Å². The monoisotopic (exact) mass is 247 g/mol. The third kappa shape index (κ3) is 2.81. The fourth-order valence-corrected chi connectivity index (χ4v) is 1.68. The summed E-state index contributed by atoms with van der Waals surface area (Å²) in [6, 6.07) is 7.03. The van der Waals surface area contributed by atoms with Crippen LogP contribution in [0.4, 0.5) is 4.39 Å². The molecule has 0 aliphatic heterocycles. The Labute approximate surface area is 104 Å². The SMILES string of the molecule is Cc1cc(=O)n(CC(N)c2ccc(F)cc2)cn1. The van der Waals surface area contributed by atoms with E-state index < -0.39 is 0 Å². The molecule has 0 fully saturated rings. The first-order chi connectivity index (χ1) is 8.56. The highest BCUT2D eigenvalue weighted by Crippen LogP contribution is 2.12. The van der Waals surface area contributed by atoms with Crippen molar-refractivity contribution in [1.29, 1.82) is 0 Å². The molecule has 0 radical (unpaired) electrons. The first kappa shape index (κ1) is 12.4. The van der Waals surface area contributed by atoms with Crippen molar-refractivity contribution in [3.63, 3.8) is 0 Å². The van der Waals surface area contributed by atoms with Crippen LogP contribution in [0.3, 0.4) is 0 Å². The summed E-state index contributed by atoms with van der Waals surface area (Å²) in [5, 5.41) is 0. The average Bonchev–Trinajstić information content (AvgIpc) is 2.33. The van der Waals surface area contributed by atoms with E-state index in [2.05, 4.69) is 4.98 Å². The number of halogens is 1. The van der Waals surface area contributed by atoms with Crippen LogP contribution < -0.4 is 11.3 Å². The zero-order chi connectivity index (χ0) is 13.1. The lowest BCUT2D eigenvalue weighted by atomic mass is 10.1. The van der Waals surface area contributed by atoms with Gasteiger partial charge in [0.2, 0.25) is 0 Å².